The summed E-state index contributed by atoms with van der Waals surface area (Å²) in [5.74, 6) is -0.814. The van der Waals surface area contributed by atoms with E-state index in [1.165, 1.54) is 12.1 Å². The number of amides is 1. The summed E-state index contributed by atoms with van der Waals surface area (Å²) in [6, 6.07) is 6.05. The molecule has 32 heavy (non-hydrogen) atoms. The van der Waals surface area contributed by atoms with Gasteiger partial charge in [0.2, 0.25) is 0 Å². The Hall–Kier alpha value is -2.35. The molecule has 0 aliphatic carbocycles. The van der Waals surface area contributed by atoms with Crippen LogP contribution < -0.4 is 5.56 Å². The lowest BCUT2D eigenvalue weighted by Gasteiger charge is -2.54. The van der Waals surface area contributed by atoms with Gasteiger partial charge in [0.1, 0.15) is 16.5 Å². The zero-order chi connectivity index (χ0) is 22.6. The van der Waals surface area contributed by atoms with Gasteiger partial charge in [-0.05, 0) is 50.2 Å². The first-order chi connectivity index (χ1) is 15.3. The molecule has 1 spiro atoms. The summed E-state index contributed by atoms with van der Waals surface area (Å²) in [6.07, 6.45) is 4.13. The monoisotopic (exact) mass is 476 g/mol. The van der Waals surface area contributed by atoms with Crippen molar-refractivity contribution in [3.8, 4) is 0 Å². The van der Waals surface area contributed by atoms with Crippen molar-refractivity contribution in [1.29, 1.82) is 0 Å². The second-order valence-electron chi connectivity index (χ2n) is 9.11. The fourth-order valence-corrected chi connectivity index (χ4v) is 5.61. The number of fused-ring (bicyclic) bond motifs is 1. The summed E-state index contributed by atoms with van der Waals surface area (Å²) in [6.45, 7) is 3.39. The molecule has 0 bridgehead atoms. The summed E-state index contributed by atoms with van der Waals surface area (Å²) in [5, 5.41) is 0.518. The molecule has 0 radical (unpaired) electrons. The highest BCUT2D eigenvalue weighted by atomic mass is 35.5. The highest BCUT2D eigenvalue weighted by Crippen LogP contribution is 2.39. The van der Waals surface area contributed by atoms with Crippen molar-refractivity contribution in [2.75, 3.05) is 33.2 Å². The standard InChI is InChI=1S/C23H23Cl2FN4O2/c1-28-6-2-5-23(11-28)12-29(13-23)22(32)16-8-14(3-4-18(16)26)7-15-10-27-21(31)19-9-17(24)20(25)30(15)19/h3-4,8-10H,2,5-7,11-13H2,1H3,(H,27,31). The molecule has 4 heterocycles. The van der Waals surface area contributed by atoms with Crippen LogP contribution in [-0.4, -0.2) is 58.3 Å². The molecular weight excluding hydrogens is 454 g/mol. The van der Waals surface area contributed by atoms with Crippen LogP contribution in [0.1, 0.15) is 34.5 Å². The molecule has 1 aromatic carbocycles. The predicted octanol–water partition coefficient (Wildman–Crippen LogP) is 3.83. The number of nitrogens with one attached hydrogen (secondary N) is 1. The van der Waals surface area contributed by atoms with Gasteiger partial charge in [-0.15, -0.1) is 0 Å². The molecule has 2 fully saturated rings. The lowest BCUT2D eigenvalue weighted by Crippen LogP contribution is -2.63. The van der Waals surface area contributed by atoms with E-state index in [0.29, 0.717) is 30.7 Å². The fraction of sp³-hybridized carbons (Fsp3) is 0.391. The third-order valence-corrected chi connectivity index (χ3v) is 7.38. The largest absolute Gasteiger partial charge is 0.337 e. The van der Waals surface area contributed by atoms with Crippen molar-refractivity contribution in [3.63, 3.8) is 0 Å². The van der Waals surface area contributed by atoms with E-state index in [9.17, 15) is 14.0 Å². The average Bonchev–Trinajstić information content (AvgIpc) is 3.05. The molecule has 2 aliphatic heterocycles. The quantitative estimate of drug-likeness (QED) is 0.624. The molecule has 0 atom stereocenters. The number of hydrogen-bond acceptors (Lipinski definition) is 3. The summed E-state index contributed by atoms with van der Waals surface area (Å²) in [7, 11) is 2.10. The summed E-state index contributed by atoms with van der Waals surface area (Å²) >= 11 is 12.4. The van der Waals surface area contributed by atoms with Crippen LogP contribution >= 0.6 is 23.2 Å². The van der Waals surface area contributed by atoms with Crippen molar-refractivity contribution in [2.24, 2.45) is 5.41 Å². The molecular formula is C23H23Cl2FN4O2. The molecule has 0 unspecified atom stereocenters. The van der Waals surface area contributed by atoms with Gasteiger partial charge in [-0.25, -0.2) is 4.39 Å². The van der Waals surface area contributed by atoms with E-state index in [-0.39, 0.29) is 32.6 Å². The highest BCUT2D eigenvalue weighted by molar-refractivity contribution is 6.42. The summed E-state index contributed by atoms with van der Waals surface area (Å²) in [5.41, 5.74) is 1.64. The van der Waals surface area contributed by atoms with Gasteiger partial charge in [0.05, 0.1) is 10.6 Å². The zero-order valence-corrected chi connectivity index (χ0v) is 19.1. The molecule has 3 aromatic rings. The van der Waals surface area contributed by atoms with Crippen LogP contribution in [0.5, 0.6) is 0 Å². The van der Waals surface area contributed by atoms with Crippen LogP contribution in [0.4, 0.5) is 4.39 Å². The molecule has 2 aliphatic rings. The van der Waals surface area contributed by atoms with Gasteiger partial charge in [-0.2, -0.15) is 0 Å². The lowest BCUT2D eigenvalue weighted by molar-refractivity contribution is -0.0339. The number of hydrogen-bond donors (Lipinski definition) is 1. The van der Waals surface area contributed by atoms with Crippen LogP contribution in [0.15, 0.2) is 35.3 Å². The molecule has 2 aromatic heterocycles. The molecule has 2 saturated heterocycles. The number of aromatic amines is 1. The number of halogens is 3. The van der Waals surface area contributed by atoms with E-state index in [1.54, 1.807) is 27.6 Å². The van der Waals surface area contributed by atoms with Crippen molar-refractivity contribution in [1.82, 2.24) is 19.2 Å². The van der Waals surface area contributed by atoms with E-state index < -0.39 is 5.82 Å². The normalized spacial score (nSPS) is 18.3. The predicted molar refractivity (Wildman–Crippen MR) is 122 cm³/mol. The van der Waals surface area contributed by atoms with Gasteiger partial charge < -0.3 is 14.8 Å². The molecule has 1 amide bonds. The molecule has 5 rings (SSSR count). The minimum absolute atomic E-state index is 0.0683. The number of benzene rings is 1. The van der Waals surface area contributed by atoms with Gasteiger partial charge in [0, 0.05) is 43.4 Å². The van der Waals surface area contributed by atoms with Crippen LogP contribution in [0.25, 0.3) is 5.52 Å². The highest BCUT2D eigenvalue weighted by Gasteiger charge is 2.47. The zero-order valence-electron chi connectivity index (χ0n) is 17.6. The Balaban J connectivity index is 1.40. The lowest BCUT2D eigenvalue weighted by atomic mass is 9.73. The maximum absolute atomic E-state index is 14.6. The smallest absolute Gasteiger partial charge is 0.272 e. The minimum Gasteiger partial charge on any atom is -0.337 e. The minimum atomic E-state index is -0.533. The number of aromatic nitrogens is 2. The second kappa shape index (κ2) is 7.90. The van der Waals surface area contributed by atoms with Crippen molar-refractivity contribution in [3.05, 3.63) is 73.6 Å². The van der Waals surface area contributed by atoms with Gasteiger partial charge in [0.15, 0.2) is 0 Å². The maximum atomic E-state index is 14.6. The Morgan fingerprint density at radius 2 is 2.00 bits per heavy atom. The first-order valence-electron chi connectivity index (χ1n) is 10.6. The van der Waals surface area contributed by atoms with Gasteiger partial charge in [-0.1, -0.05) is 29.3 Å². The Kier molecular flexibility index (Phi) is 5.31. The fourth-order valence-electron chi connectivity index (χ4n) is 5.17. The maximum Gasteiger partial charge on any atom is 0.272 e. The number of nitrogens with zero attached hydrogens (tertiary/aromatic N) is 3. The number of rotatable bonds is 3. The molecule has 0 saturated carbocycles. The molecule has 9 heteroatoms. The van der Waals surface area contributed by atoms with Gasteiger partial charge in [0.25, 0.3) is 11.5 Å². The molecule has 1 N–H and O–H groups in total. The van der Waals surface area contributed by atoms with E-state index in [0.717, 1.165) is 31.5 Å². The number of H-pyrrole nitrogens is 1. The number of carbonyl (C=O) groups excluding carboxylic acids is 1. The number of piperidine rings is 1. The van der Waals surface area contributed by atoms with Gasteiger partial charge in [-0.3, -0.25) is 14.0 Å². The second-order valence-corrected chi connectivity index (χ2v) is 9.87. The third kappa shape index (κ3) is 3.62. The van der Waals surface area contributed by atoms with E-state index >= 15 is 0 Å². The Labute approximate surface area is 194 Å². The topological polar surface area (TPSA) is 60.8 Å². The van der Waals surface area contributed by atoms with E-state index in [1.807, 2.05) is 0 Å². The van der Waals surface area contributed by atoms with Crippen LogP contribution in [0.3, 0.4) is 0 Å². The van der Waals surface area contributed by atoms with E-state index in [4.69, 9.17) is 23.2 Å². The summed E-state index contributed by atoms with van der Waals surface area (Å²) < 4.78 is 16.2. The average molecular weight is 477 g/mol. The van der Waals surface area contributed by atoms with Crippen LogP contribution in [0.2, 0.25) is 10.2 Å². The van der Waals surface area contributed by atoms with Crippen molar-refractivity contribution in [2.45, 2.75) is 19.3 Å². The van der Waals surface area contributed by atoms with Crippen LogP contribution in [0, 0.1) is 11.2 Å². The Morgan fingerprint density at radius 3 is 2.75 bits per heavy atom. The first kappa shape index (κ1) is 21.5. The Morgan fingerprint density at radius 1 is 1.22 bits per heavy atom. The van der Waals surface area contributed by atoms with Crippen LogP contribution in [-0.2, 0) is 6.42 Å². The number of carbonyl (C=O) groups is 1. The SMILES string of the molecule is CN1CCCC2(C1)CN(C(=O)c1cc(Cc3c[nH]c(=O)c4cc(Cl)c(Cl)n34)ccc1F)C2. The van der Waals surface area contributed by atoms with E-state index in [2.05, 4.69) is 16.9 Å². The first-order valence-corrected chi connectivity index (χ1v) is 11.4. The van der Waals surface area contributed by atoms with Gasteiger partial charge >= 0.3 is 0 Å². The molecule has 168 valence electrons. The Bertz CT molecular complexity index is 1280. The number of likely N-dealkylation sites (tertiary alicyclic amines) is 2. The molecule has 6 nitrogen and oxygen atoms in total. The van der Waals surface area contributed by atoms with Crippen molar-refractivity contribution < 1.29 is 9.18 Å². The third-order valence-electron chi connectivity index (χ3n) is 6.63. The van der Waals surface area contributed by atoms with Crippen molar-refractivity contribution >= 4 is 34.6 Å². The summed E-state index contributed by atoms with van der Waals surface area (Å²) in [4.78, 5) is 31.9.